The monoisotopic (exact) mass is 331 g/mol. The molecule has 1 heterocycles. The van der Waals surface area contributed by atoms with Crippen molar-refractivity contribution in [1.82, 2.24) is 15.5 Å². The van der Waals surface area contributed by atoms with E-state index < -0.39 is 0 Å². The number of benzene rings is 1. The zero-order valence-corrected chi connectivity index (χ0v) is 14.3. The van der Waals surface area contributed by atoms with Gasteiger partial charge in [0.25, 0.3) is 5.91 Å². The van der Waals surface area contributed by atoms with Gasteiger partial charge in [-0.25, -0.2) is 0 Å². The Morgan fingerprint density at radius 2 is 1.52 bits per heavy atom. The van der Waals surface area contributed by atoms with Gasteiger partial charge in [0, 0.05) is 30.7 Å². The van der Waals surface area contributed by atoms with Crippen molar-refractivity contribution in [3.8, 4) is 0 Å². The molecule has 1 aromatic rings. The average Bonchev–Trinajstić information content (AvgIpc) is 3.08. The lowest BCUT2D eigenvalue weighted by Crippen LogP contribution is -2.50. The molecule has 1 amide bonds. The van der Waals surface area contributed by atoms with Gasteiger partial charge < -0.3 is 15.5 Å². The number of nitrogens with one attached hydrogen (secondary N) is 2. The molecule has 0 unspecified atom stereocenters. The smallest absolute Gasteiger partial charge is 0.253 e. The second-order valence-corrected chi connectivity index (χ2v) is 6.94. The summed E-state index contributed by atoms with van der Waals surface area (Å²) in [5, 5.41) is 7.64. The molecule has 1 aromatic carbocycles. The molecule has 23 heavy (non-hydrogen) atoms. The Labute approximate surface area is 143 Å². The number of rotatable bonds is 3. The van der Waals surface area contributed by atoms with Crippen molar-refractivity contribution in [2.45, 2.75) is 50.6 Å². The topological polar surface area (TPSA) is 44.4 Å². The highest BCUT2D eigenvalue weighted by Crippen LogP contribution is 2.18. The Morgan fingerprint density at radius 1 is 0.957 bits per heavy atom. The van der Waals surface area contributed by atoms with Crippen LogP contribution < -0.4 is 10.6 Å². The van der Waals surface area contributed by atoms with E-state index >= 15 is 0 Å². The third-order valence-electron chi connectivity index (χ3n) is 4.83. The van der Waals surface area contributed by atoms with Gasteiger partial charge in [0.05, 0.1) is 0 Å². The average molecular weight is 331 g/mol. The van der Waals surface area contributed by atoms with Crippen LogP contribution >= 0.6 is 12.2 Å². The predicted molar refractivity (Wildman–Crippen MR) is 96.5 cm³/mol. The lowest BCUT2D eigenvalue weighted by atomic mass is 10.0. The van der Waals surface area contributed by atoms with Crippen molar-refractivity contribution in [2.24, 2.45) is 0 Å². The second-order valence-electron chi connectivity index (χ2n) is 6.53. The van der Waals surface area contributed by atoms with Crippen molar-refractivity contribution in [2.75, 3.05) is 13.1 Å². The van der Waals surface area contributed by atoms with Gasteiger partial charge in [-0.2, -0.15) is 0 Å². The molecule has 0 atom stereocenters. The standard InChI is InChI=1S/C18H25N3OS/c22-17(14-6-2-1-3-7-14)21-12-10-16(11-13-21)20-18(23)19-15-8-4-5-9-15/h1-3,6-7,15-16H,4-5,8-13H2,(H2,19,20,23). The molecule has 0 spiro atoms. The Bertz CT molecular complexity index is 534. The summed E-state index contributed by atoms with van der Waals surface area (Å²) < 4.78 is 0. The van der Waals surface area contributed by atoms with Crippen molar-refractivity contribution in [3.05, 3.63) is 35.9 Å². The Balaban J connectivity index is 1.43. The molecular weight excluding hydrogens is 306 g/mol. The SMILES string of the molecule is O=C(c1ccccc1)N1CCC(NC(=S)NC2CCCC2)CC1. The zero-order chi connectivity index (χ0) is 16.1. The lowest BCUT2D eigenvalue weighted by molar-refractivity contribution is 0.0710. The van der Waals surface area contributed by atoms with E-state index in [1.165, 1.54) is 25.7 Å². The fourth-order valence-corrected chi connectivity index (χ4v) is 3.81. The van der Waals surface area contributed by atoms with Gasteiger partial charge in [0.2, 0.25) is 0 Å². The number of carbonyl (C=O) groups excluding carboxylic acids is 1. The zero-order valence-electron chi connectivity index (χ0n) is 13.5. The third kappa shape index (κ3) is 4.44. The van der Waals surface area contributed by atoms with E-state index in [1.807, 2.05) is 35.2 Å². The maximum absolute atomic E-state index is 12.4. The van der Waals surface area contributed by atoms with Gasteiger partial charge in [-0.05, 0) is 50.0 Å². The number of nitrogens with zero attached hydrogens (tertiary/aromatic N) is 1. The van der Waals surface area contributed by atoms with E-state index in [4.69, 9.17) is 12.2 Å². The first-order valence-corrected chi connectivity index (χ1v) is 9.04. The van der Waals surface area contributed by atoms with Crippen LogP contribution in [0.2, 0.25) is 0 Å². The summed E-state index contributed by atoms with van der Waals surface area (Å²) in [6.45, 7) is 1.58. The summed E-state index contributed by atoms with van der Waals surface area (Å²) in [5.41, 5.74) is 0.775. The van der Waals surface area contributed by atoms with Gasteiger partial charge in [-0.15, -0.1) is 0 Å². The lowest BCUT2D eigenvalue weighted by Gasteiger charge is -2.33. The maximum atomic E-state index is 12.4. The number of thiocarbonyl (C=S) groups is 1. The molecule has 124 valence electrons. The van der Waals surface area contributed by atoms with Gasteiger partial charge >= 0.3 is 0 Å². The number of piperidine rings is 1. The summed E-state index contributed by atoms with van der Waals surface area (Å²) in [4.78, 5) is 14.4. The molecule has 0 aromatic heterocycles. The molecule has 1 aliphatic heterocycles. The van der Waals surface area contributed by atoms with Crippen LogP contribution in [0.15, 0.2) is 30.3 Å². The summed E-state index contributed by atoms with van der Waals surface area (Å²) in [6, 6.07) is 10.4. The highest BCUT2D eigenvalue weighted by Gasteiger charge is 2.24. The van der Waals surface area contributed by atoms with Crippen LogP contribution in [0.3, 0.4) is 0 Å². The molecule has 0 radical (unpaired) electrons. The van der Waals surface area contributed by atoms with E-state index in [2.05, 4.69) is 10.6 Å². The van der Waals surface area contributed by atoms with Gasteiger partial charge in [-0.3, -0.25) is 4.79 Å². The van der Waals surface area contributed by atoms with Crippen molar-refractivity contribution >= 4 is 23.2 Å². The van der Waals surface area contributed by atoms with Gasteiger partial charge in [0.1, 0.15) is 0 Å². The van der Waals surface area contributed by atoms with Crippen LogP contribution in [0.1, 0.15) is 48.9 Å². The largest absolute Gasteiger partial charge is 0.360 e. The second kappa shape index (κ2) is 7.77. The molecular formula is C18H25N3OS. The molecule has 5 heteroatoms. The molecule has 1 aliphatic carbocycles. The van der Waals surface area contributed by atoms with Crippen LogP contribution in [0.5, 0.6) is 0 Å². The van der Waals surface area contributed by atoms with E-state index in [1.54, 1.807) is 0 Å². The summed E-state index contributed by atoms with van der Waals surface area (Å²) in [5.74, 6) is 0.135. The minimum Gasteiger partial charge on any atom is -0.360 e. The van der Waals surface area contributed by atoms with Gasteiger partial charge in [0.15, 0.2) is 5.11 Å². The fraction of sp³-hybridized carbons (Fsp3) is 0.556. The molecule has 0 bridgehead atoms. The van der Waals surface area contributed by atoms with Crippen molar-refractivity contribution in [1.29, 1.82) is 0 Å². The summed E-state index contributed by atoms with van der Waals surface area (Å²) >= 11 is 5.43. The number of hydrogen-bond donors (Lipinski definition) is 2. The number of amides is 1. The Hall–Kier alpha value is -1.62. The summed E-state index contributed by atoms with van der Waals surface area (Å²) in [6.07, 6.45) is 6.97. The number of carbonyl (C=O) groups is 1. The van der Waals surface area contributed by atoms with Crippen LogP contribution in [0.4, 0.5) is 0 Å². The molecule has 1 saturated carbocycles. The van der Waals surface area contributed by atoms with E-state index in [-0.39, 0.29) is 5.91 Å². The molecule has 2 fully saturated rings. The minimum absolute atomic E-state index is 0.135. The van der Waals surface area contributed by atoms with Crippen LogP contribution in [-0.4, -0.2) is 41.1 Å². The van der Waals surface area contributed by atoms with Crippen LogP contribution in [0, 0.1) is 0 Å². The van der Waals surface area contributed by atoms with Crippen molar-refractivity contribution < 1.29 is 4.79 Å². The third-order valence-corrected chi connectivity index (χ3v) is 5.06. The minimum atomic E-state index is 0.135. The van der Waals surface area contributed by atoms with E-state index in [9.17, 15) is 4.79 Å². The molecule has 2 N–H and O–H groups in total. The molecule has 4 nitrogen and oxygen atoms in total. The van der Waals surface area contributed by atoms with E-state index in [0.29, 0.717) is 12.1 Å². The molecule has 2 aliphatic rings. The maximum Gasteiger partial charge on any atom is 0.253 e. The van der Waals surface area contributed by atoms with Crippen LogP contribution in [0.25, 0.3) is 0 Å². The first kappa shape index (κ1) is 16.2. The first-order valence-electron chi connectivity index (χ1n) is 8.64. The summed E-state index contributed by atoms with van der Waals surface area (Å²) in [7, 11) is 0. The van der Waals surface area contributed by atoms with Gasteiger partial charge in [-0.1, -0.05) is 31.0 Å². The molecule has 1 saturated heterocycles. The van der Waals surface area contributed by atoms with Crippen LogP contribution in [-0.2, 0) is 0 Å². The highest BCUT2D eigenvalue weighted by molar-refractivity contribution is 7.80. The first-order chi connectivity index (χ1) is 11.2. The van der Waals surface area contributed by atoms with Crippen molar-refractivity contribution in [3.63, 3.8) is 0 Å². The van der Waals surface area contributed by atoms with E-state index in [0.717, 1.165) is 36.6 Å². The highest BCUT2D eigenvalue weighted by atomic mass is 32.1. The quantitative estimate of drug-likeness (QED) is 0.836. The Morgan fingerprint density at radius 3 is 2.13 bits per heavy atom. The number of hydrogen-bond acceptors (Lipinski definition) is 2. The Kier molecular flexibility index (Phi) is 5.49. The normalized spacial score (nSPS) is 19.6. The fourth-order valence-electron chi connectivity index (χ4n) is 3.47. The predicted octanol–water partition coefficient (Wildman–Crippen LogP) is 2.70. The molecule has 3 rings (SSSR count). The number of likely N-dealkylation sites (tertiary alicyclic amines) is 1.